The van der Waals surface area contributed by atoms with Crippen LogP contribution in [0.1, 0.15) is 23.0 Å². The number of hydrogen-bond donors (Lipinski definition) is 0. The average molecular weight is 443 g/mol. The number of ketones is 1. The van der Waals surface area contributed by atoms with Gasteiger partial charge in [0.2, 0.25) is 11.7 Å². The number of hydrogen-bond acceptors (Lipinski definition) is 6. The Morgan fingerprint density at radius 2 is 1.67 bits per heavy atom. The van der Waals surface area contributed by atoms with Crippen molar-refractivity contribution in [3.8, 4) is 11.5 Å². The van der Waals surface area contributed by atoms with E-state index in [0.29, 0.717) is 0 Å². The molecule has 11 heteroatoms. The molecule has 1 aromatic carbocycles. The molecule has 0 N–H and O–H groups in total. The highest BCUT2D eigenvalue weighted by molar-refractivity contribution is 6.30. The SMILES string of the molecule is COc1cc(OC)c(F)c(C(=O)c2oc3cnc(Cl)c(F)c3c2N(C)C(C)=O)c1F. The molecule has 3 rings (SSSR count). The maximum atomic E-state index is 14.8. The average Bonchev–Trinajstić information content (AvgIpc) is 3.10. The molecule has 2 aromatic heterocycles. The van der Waals surface area contributed by atoms with Crippen LogP contribution in [0.25, 0.3) is 11.0 Å². The van der Waals surface area contributed by atoms with Gasteiger partial charge in [-0.25, -0.2) is 18.2 Å². The second-order valence-electron chi connectivity index (χ2n) is 6.07. The zero-order valence-corrected chi connectivity index (χ0v) is 16.9. The lowest BCUT2D eigenvalue weighted by Gasteiger charge is -2.16. The molecule has 0 bridgehead atoms. The van der Waals surface area contributed by atoms with E-state index >= 15 is 0 Å². The topological polar surface area (TPSA) is 81.9 Å². The third-order valence-electron chi connectivity index (χ3n) is 4.42. The summed E-state index contributed by atoms with van der Waals surface area (Å²) in [5, 5.41) is -0.882. The summed E-state index contributed by atoms with van der Waals surface area (Å²) in [4.78, 5) is 29.6. The Labute approximate surface area is 172 Å². The highest BCUT2D eigenvalue weighted by Crippen LogP contribution is 2.40. The van der Waals surface area contributed by atoms with Crippen molar-refractivity contribution in [3.05, 3.63) is 46.2 Å². The van der Waals surface area contributed by atoms with Crippen molar-refractivity contribution in [2.45, 2.75) is 6.92 Å². The molecule has 30 heavy (non-hydrogen) atoms. The number of rotatable bonds is 5. The Morgan fingerprint density at radius 1 is 1.10 bits per heavy atom. The Balaban J connectivity index is 2.38. The second kappa shape index (κ2) is 7.86. The van der Waals surface area contributed by atoms with Crippen LogP contribution in [0.5, 0.6) is 11.5 Å². The van der Waals surface area contributed by atoms with Crippen LogP contribution in [0.3, 0.4) is 0 Å². The summed E-state index contributed by atoms with van der Waals surface area (Å²) in [5.41, 5.74) is -1.67. The predicted octanol–water partition coefficient (Wildman–Crippen LogP) is 4.13. The molecule has 0 spiro atoms. The van der Waals surface area contributed by atoms with Crippen LogP contribution in [-0.4, -0.2) is 37.9 Å². The number of aromatic nitrogens is 1. The van der Waals surface area contributed by atoms with E-state index in [1.165, 1.54) is 7.05 Å². The third-order valence-corrected chi connectivity index (χ3v) is 4.68. The second-order valence-corrected chi connectivity index (χ2v) is 6.43. The molecule has 0 atom stereocenters. The van der Waals surface area contributed by atoms with E-state index in [2.05, 4.69) is 4.98 Å². The van der Waals surface area contributed by atoms with Crippen LogP contribution in [0.15, 0.2) is 16.7 Å². The van der Waals surface area contributed by atoms with E-state index in [1.807, 2.05) is 0 Å². The van der Waals surface area contributed by atoms with Gasteiger partial charge in [-0.2, -0.15) is 0 Å². The molecule has 2 heterocycles. The summed E-state index contributed by atoms with van der Waals surface area (Å²) in [6, 6.07) is 0.923. The van der Waals surface area contributed by atoms with E-state index in [0.717, 1.165) is 38.3 Å². The highest BCUT2D eigenvalue weighted by atomic mass is 35.5. The molecule has 3 aromatic rings. The number of nitrogens with zero attached hydrogens (tertiary/aromatic N) is 2. The van der Waals surface area contributed by atoms with Crippen molar-refractivity contribution in [2.75, 3.05) is 26.2 Å². The molecule has 1 amide bonds. The Bertz CT molecular complexity index is 1170. The van der Waals surface area contributed by atoms with Gasteiger partial charge in [-0.15, -0.1) is 0 Å². The van der Waals surface area contributed by atoms with Crippen molar-refractivity contribution in [1.82, 2.24) is 4.98 Å². The molecular formula is C19H14ClF3N2O5. The van der Waals surface area contributed by atoms with Crippen molar-refractivity contribution < 1.29 is 36.7 Å². The highest BCUT2D eigenvalue weighted by Gasteiger charge is 2.34. The first-order chi connectivity index (χ1) is 14.1. The molecule has 0 unspecified atom stereocenters. The van der Waals surface area contributed by atoms with Gasteiger partial charge < -0.3 is 18.8 Å². The fraction of sp³-hybridized carbons (Fsp3) is 0.211. The molecular weight excluding hydrogens is 429 g/mol. The number of fused-ring (bicyclic) bond motifs is 1. The van der Waals surface area contributed by atoms with Gasteiger partial charge >= 0.3 is 0 Å². The molecule has 0 saturated heterocycles. The summed E-state index contributed by atoms with van der Waals surface area (Å²) >= 11 is 5.71. The standard InChI is InChI=1S/C19H14ClF3N2O5/c1-7(26)25(2)16-11-10(6-24-19(20)15(11)23)30-18(16)17(27)12-13(21)8(28-3)5-9(29-4)14(12)22/h5-6H,1-4H3. The van der Waals surface area contributed by atoms with Crippen LogP contribution in [0, 0.1) is 17.5 Å². The first-order valence-corrected chi connectivity index (χ1v) is 8.67. The zero-order chi connectivity index (χ0) is 22.3. The number of carbonyl (C=O) groups excluding carboxylic acids is 2. The van der Waals surface area contributed by atoms with E-state index in [9.17, 15) is 22.8 Å². The molecule has 0 aliphatic heterocycles. The maximum absolute atomic E-state index is 14.8. The smallest absolute Gasteiger partial charge is 0.236 e. The van der Waals surface area contributed by atoms with Gasteiger partial charge in [-0.3, -0.25) is 9.59 Å². The van der Waals surface area contributed by atoms with Gasteiger partial charge in [-0.05, 0) is 0 Å². The van der Waals surface area contributed by atoms with E-state index in [-0.39, 0.29) is 16.7 Å². The lowest BCUT2D eigenvalue weighted by molar-refractivity contribution is -0.116. The van der Waals surface area contributed by atoms with Crippen LogP contribution in [0.2, 0.25) is 5.15 Å². The Hall–Kier alpha value is -3.27. The van der Waals surface area contributed by atoms with E-state index in [4.69, 9.17) is 25.5 Å². The summed E-state index contributed by atoms with van der Waals surface area (Å²) in [6.07, 6.45) is 1.02. The minimum absolute atomic E-state index is 0.251. The molecule has 158 valence electrons. The van der Waals surface area contributed by atoms with Crippen molar-refractivity contribution in [2.24, 2.45) is 0 Å². The number of amides is 1. The number of carbonyl (C=O) groups is 2. The summed E-state index contributed by atoms with van der Waals surface area (Å²) in [5.74, 6) is -7.26. The van der Waals surface area contributed by atoms with Crippen molar-refractivity contribution in [3.63, 3.8) is 0 Å². The quantitative estimate of drug-likeness (QED) is 0.436. The van der Waals surface area contributed by atoms with Crippen molar-refractivity contribution in [1.29, 1.82) is 0 Å². The monoisotopic (exact) mass is 442 g/mol. The number of pyridine rings is 1. The summed E-state index contributed by atoms with van der Waals surface area (Å²) in [7, 11) is 3.46. The molecule has 0 saturated carbocycles. The van der Waals surface area contributed by atoms with Crippen LogP contribution >= 0.6 is 11.6 Å². The zero-order valence-electron chi connectivity index (χ0n) is 16.1. The largest absolute Gasteiger partial charge is 0.494 e. The van der Waals surface area contributed by atoms with E-state index in [1.54, 1.807) is 0 Å². The molecule has 7 nitrogen and oxygen atoms in total. The fourth-order valence-corrected chi connectivity index (χ4v) is 2.99. The van der Waals surface area contributed by atoms with Gasteiger partial charge in [0.15, 0.2) is 45.4 Å². The van der Waals surface area contributed by atoms with Gasteiger partial charge in [0, 0.05) is 20.0 Å². The van der Waals surface area contributed by atoms with Crippen LogP contribution in [-0.2, 0) is 4.79 Å². The van der Waals surface area contributed by atoms with Crippen molar-refractivity contribution >= 4 is 39.9 Å². The summed E-state index contributed by atoms with van der Waals surface area (Å²) in [6.45, 7) is 1.14. The third kappa shape index (κ3) is 3.22. The summed E-state index contributed by atoms with van der Waals surface area (Å²) < 4.78 is 59.3. The number of benzene rings is 1. The first-order valence-electron chi connectivity index (χ1n) is 8.29. The van der Waals surface area contributed by atoms with Crippen LogP contribution < -0.4 is 14.4 Å². The first kappa shape index (κ1) is 21.4. The van der Waals surface area contributed by atoms with Gasteiger partial charge in [0.1, 0.15) is 11.3 Å². The lowest BCUT2D eigenvalue weighted by Crippen LogP contribution is -2.25. The van der Waals surface area contributed by atoms with Crippen LogP contribution in [0.4, 0.5) is 18.9 Å². The molecule has 0 aliphatic rings. The van der Waals surface area contributed by atoms with Gasteiger partial charge in [-0.1, -0.05) is 11.6 Å². The Kier molecular flexibility index (Phi) is 5.62. The number of anilines is 1. The number of furan rings is 1. The lowest BCUT2D eigenvalue weighted by atomic mass is 10.0. The van der Waals surface area contributed by atoms with E-state index < -0.39 is 57.1 Å². The molecule has 0 aliphatic carbocycles. The molecule has 0 fully saturated rings. The number of halogens is 4. The minimum Gasteiger partial charge on any atom is -0.494 e. The maximum Gasteiger partial charge on any atom is 0.236 e. The fourth-order valence-electron chi connectivity index (χ4n) is 2.85. The molecule has 0 radical (unpaired) electrons. The van der Waals surface area contributed by atoms with Gasteiger partial charge in [0.25, 0.3) is 0 Å². The minimum atomic E-state index is -1.32. The number of methoxy groups -OCH3 is 2. The van der Waals surface area contributed by atoms with Gasteiger partial charge in [0.05, 0.1) is 25.8 Å². The Morgan fingerprint density at radius 3 is 2.17 bits per heavy atom. The predicted molar refractivity (Wildman–Crippen MR) is 101 cm³/mol. The normalized spacial score (nSPS) is 10.9. The number of ether oxygens (including phenoxy) is 2.